The van der Waals surface area contributed by atoms with Crippen LogP contribution in [0.5, 0.6) is 0 Å². The van der Waals surface area contributed by atoms with Gasteiger partial charge in [0.2, 0.25) is 0 Å². The fourth-order valence-electron chi connectivity index (χ4n) is 1.58. The van der Waals surface area contributed by atoms with Gasteiger partial charge in [-0.1, -0.05) is 6.07 Å². The summed E-state index contributed by atoms with van der Waals surface area (Å²) in [6, 6.07) is 3.42. The van der Waals surface area contributed by atoms with Crippen LogP contribution in [0.15, 0.2) is 18.3 Å². The Morgan fingerprint density at radius 2 is 2.31 bits per heavy atom. The van der Waals surface area contributed by atoms with Gasteiger partial charge >= 0.3 is 0 Å². The summed E-state index contributed by atoms with van der Waals surface area (Å²) < 4.78 is 0. The van der Waals surface area contributed by atoms with E-state index in [-0.39, 0.29) is 5.91 Å². The maximum Gasteiger partial charge on any atom is 0.264 e. The fourth-order valence-corrected chi connectivity index (χ4v) is 1.58. The molecule has 13 heavy (non-hydrogen) atoms. The lowest BCUT2D eigenvalue weighted by molar-refractivity contribution is -0.133. The van der Waals surface area contributed by atoms with Gasteiger partial charge in [0, 0.05) is 18.8 Å². The van der Waals surface area contributed by atoms with Gasteiger partial charge in [-0.25, -0.2) is 4.98 Å². The van der Waals surface area contributed by atoms with Crippen LogP contribution < -0.4 is 4.90 Å². The highest BCUT2D eigenvalue weighted by Crippen LogP contribution is 2.36. The molecule has 0 saturated heterocycles. The molecule has 1 amide bonds. The Kier molecular flexibility index (Phi) is 1.44. The molecule has 1 unspecified atom stereocenters. The predicted molar refractivity (Wildman–Crippen MR) is 47.2 cm³/mol. The smallest absolute Gasteiger partial charge is 0.264 e. The summed E-state index contributed by atoms with van der Waals surface area (Å²) in [6.07, 6.45) is 1.60. The van der Waals surface area contributed by atoms with E-state index in [4.69, 9.17) is 0 Å². The summed E-state index contributed by atoms with van der Waals surface area (Å²) in [5.41, 5.74) is -0.847. The minimum atomic E-state index is -1.42. The Balaban J connectivity index is 2.68. The Hall–Kier alpha value is -1.42. The number of aromatic nitrogens is 1. The van der Waals surface area contributed by atoms with Gasteiger partial charge in [-0.15, -0.1) is 0 Å². The van der Waals surface area contributed by atoms with Crippen LogP contribution in [0.25, 0.3) is 0 Å². The van der Waals surface area contributed by atoms with Crippen molar-refractivity contribution in [1.29, 1.82) is 0 Å². The molecule has 4 nitrogen and oxygen atoms in total. The standard InChI is InChI=1S/C9H10N2O2/c1-9(13)6-4-3-5-10-7(6)11(2)8(9)12/h3-5,13H,1-2H3. The molecule has 2 heterocycles. The number of carbonyl (C=O) groups excluding carboxylic acids is 1. The van der Waals surface area contributed by atoms with Gasteiger partial charge in [0.1, 0.15) is 5.82 Å². The second-order valence-corrected chi connectivity index (χ2v) is 3.31. The first kappa shape index (κ1) is 8.19. The number of nitrogens with zero attached hydrogens (tertiary/aromatic N) is 2. The molecule has 1 N–H and O–H groups in total. The quantitative estimate of drug-likeness (QED) is 0.620. The van der Waals surface area contributed by atoms with Gasteiger partial charge in [0.05, 0.1) is 0 Å². The molecular formula is C9H10N2O2. The Bertz CT molecular complexity index is 374. The van der Waals surface area contributed by atoms with Crippen molar-refractivity contribution in [3.05, 3.63) is 23.9 Å². The zero-order chi connectivity index (χ0) is 9.64. The molecule has 1 atom stereocenters. The fraction of sp³-hybridized carbons (Fsp3) is 0.333. The average Bonchev–Trinajstić information content (AvgIpc) is 2.30. The van der Waals surface area contributed by atoms with Crippen molar-refractivity contribution in [2.45, 2.75) is 12.5 Å². The monoisotopic (exact) mass is 178 g/mol. The highest BCUT2D eigenvalue weighted by Gasteiger charge is 2.45. The topological polar surface area (TPSA) is 53.4 Å². The Morgan fingerprint density at radius 3 is 2.92 bits per heavy atom. The van der Waals surface area contributed by atoms with Gasteiger partial charge in [-0.3, -0.25) is 9.69 Å². The van der Waals surface area contributed by atoms with Crippen molar-refractivity contribution in [1.82, 2.24) is 4.98 Å². The Morgan fingerprint density at radius 1 is 1.62 bits per heavy atom. The molecule has 1 aliphatic heterocycles. The van der Waals surface area contributed by atoms with Gasteiger partial charge in [-0.2, -0.15) is 0 Å². The number of hydrogen-bond donors (Lipinski definition) is 1. The summed E-state index contributed by atoms with van der Waals surface area (Å²) in [5, 5.41) is 9.85. The molecule has 0 aliphatic carbocycles. The number of pyridine rings is 1. The summed E-state index contributed by atoms with van der Waals surface area (Å²) in [7, 11) is 1.61. The summed E-state index contributed by atoms with van der Waals surface area (Å²) in [5.74, 6) is 0.207. The molecule has 0 fully saturated rings. The average molecular weight is 178 g/mol. The molecule has 0 aromatic carbocycles. The molecule has 1 aliphatic rings. The van der Waals surface area contributed by atoms with E-state index in [1.165, 1.54) is 11.8 Å². The lowest BCUT2D eigenvalue weighted by Gasteiger charge is -2.14. The minimum absolute atomic E-state index is 0.332. The zero-order valence-electron chi connectivity index (χ0n) is 7.48. The van der Waals surface area contributed by atoms with Crippen LogP contribution in [-0.2, 0) is 10.4 Å². The summed E-state index contributed by atoms with van der Waals surface area (Å²) in [6.45, 7) is 1.49. The normalized spacial score (nSPS) is 26.4. The van der Waals surface area contributed by atoms with Crippen molar-refractivity contribution < 1.29 is 9.90 Å². The van der Waals surface area contributed by atoms with Crippen LogP contribution in [0.4, 0.5) is 5.82 Å². The first-order valence-electron chi connectivity index (χ1n) is 4.01. The molecule has 1 aromatic heterocycles. The third-order valence-electron chi connectivity index (χ3n) is 2.35. The first-order valence-corrected chi connectivity index (χ1v) is 4.01. The van der Waals surface area contributed by atoms with Crippen molar-refractivity contribution in [3.8, 4) is 0 Å². The second kappa shape index (κ2) is 2.29. The lowest BCUT2D eigenvalue weighted by Crippen LogP contribution is -2.35. The van der Waals surface area contributed by atoms with Crippen LogP contribution in [0.1, 0.15) is 12.5 Å². The third kappa shape index (κ3) is 0.890. The van der Waals surface area contributed by atoms with E-state index >= 15 is 0 Å². The number of amides is 1. The van der Waals surface area contributed by atoms with E-state index in [9.17, 15) is 9.90 Å². The van der Waals surface area contributed by atoms with Crippen LogP contribution in [0.3, 0.4) is 0 Å². The highest BCUT2D eigenvalue weighted by atomic mass is 16.3. The largest absolute Gasteiger partial charge is 0.375 e. The van der Waals surface area contributed by atoms with Crippen molar-refractivity contribution in [2.24, 2.45) is 0 Å². The zero-order valence-corrected chi connectivity index (χ0v) is 7.48. The van der Waals surface area contributed by atoms with E-state index in [2.05, 4.69) is 4.98 Å². The molecule has 0 spiro atoms. The number of likely N-dealkylation sites (N-methyl/N-ethyl adjacent to an activating group) is 1. The number of hydrogen-bond acceptors (Lipinski definition) is 3. The molecule has 0 saturated carbocycles. The van der Waals surface area contributed by atoms with Crippen LogP contribution >= 0.6 is 0 Å². The van der Waals surface area contributed by atoms with Crippen molar-refractivity contribution >= 4 is 11.7 Å². The maximum atomic E-state index is 11.5. The van der Waals surface area contributed by atoms with E-state index < -0.39 is 5.60 Å². The number of anilines is 1. The third-order valence-corrected chi connectivity index (χ3v) is 2.35. The van der Waals surface area contributed by atoms with Crippen LogP contribution in [0.2, 0.25) is 0 Å². The van der Waals surface area contributed by atoms with E-state index in [0.717, 1.165) is 0 Å². The van der Waals surface area contributed by atoms with Crippen molar-refractivity contribution in [2.75, 3.05) is 11.9 Å². The number of rotatable bonds is 0. The molecule has 0 bridgehead atoms. The lowest BCUT2D eigenvalue weighted by atomic mass is 10.00. The molecule has 4 heteroatoms. The molecule has 2 rings (SSSR count). The SMILES string of the molecule is CN1C(=O)C(C)(O)c2cccnc21. The summed E-state index contributed by atoms with van der Waals surface area (Å²) in [4.78, 5) is 16.9. The van der Waals surface area contributed by atoms with Gasteiger partial charge < -0.3 is 5.11 Å². The first-order chi connectivity index (χ1) is 6.05. The molecular weight excluding hydrogens is 168 g/mol. The minimum Gasteiger partial charge on any atom is -0.375 e. The van der Waals surface area contributed by atoms with Gasteiger partial charge in [0.25, 0.3) is 5.91 Å². The van der Waals surface area contributed by atoms with Gasteiger partial charge in [0.15, 0.2) is 5.60 Å². The maximum absolute atomic E-state index is 11.5. The van der Waals surface area contributed by atoms with Gasteiger partial charge in [-0.05, 0) is 13.0 Å². The van der Waals surface area contributed by atoms with Crippen molar-refractivity contribution in [3.63, 3.8) is 0 Å². The molecule has 0 radical (unpaired) electrons. The number of carbonyl (C=O) groups is 1. The van der Waals surface area contributed by atoms with E-state index in [0.29, 0.717) is 11.4 Å². The predicted octanol–water partition coefficient (Wildman–Crippen LogP) is 0.266. The molecule has 68 valence electrons. The van der Waals surface area contributed by atoms with Crippen LogP contribution in [-0.4, -0.2) is 23.0 Å². The number of aliphatic hydroxyl groups is 1. The Labute approximate surface area is 75.8 Å². The molecule has 1 aromatic rings. The van der Waals surface area contributed by atoms with E-state index in [1.807, 2.05) is 0 Å². The number of fused-ring (bicyclic) bond motifs is 1. The summed E-state index contributed by atoms with van der Waals surface area (Å²) >= 11 is 0. The van der Waals surface area contributed by atoms with Crippen LogP contribution in [0, 0.1) is 0 Å². The second-order valence-electron chi connectivity index (χ2n) is 3.31. The van der Waals surface area contributed by atoms with E-state index in [1.54, 1.807) is 25.4 Å². The highest BCUT2D eigenvalue weighted by molar-refractivity contribution is 6.04.